The van der Waals surface area contributed by atoms with Crippen molar-refractivity contribution in [1.82, 2.24) is 10.0 Å². The summed E-state index contributed by atoms with van der Waals surface area (Å²) < 4.78 is 26.5. The van der Waals surface area contributed by atoms with Gasteiger partial charge in [0.25, 0.3) is 5.91 Å². The molecule has 8 heteroatoms. The Kier molecular flexibility index (Phi) is 5.40. The molecule has 0 saturated heterocycles. The summed E-state index contributed by atoms with van der Waals surface area (Å²) in [5.41, 5.74) is -1.17. The van der Waals surface area contributed by atoms with E-state index in [4.69, 9.17) is 0 Å². The fourth-order valence-electron chi connectivity index (χ4n) is 2.72. The van der Waals surface area contributed by atoms with Crippen molar-refractivity contribution in [3.05, 3.63) is 42.5 Å². The molecule has 24 heavy (non-hydrogen) atoms. The normalized spacial score (nSPS) is 16.5. The quantitative estimate of drug-likeness (QED) is 0.640. The lowest BCUT2D eigenvalue weighted by Crippen LogP contribution is -2.52. The van der Waals surface area contributed by atoms with Gasteiger partial charge in [0.1, 0.15) is 5.54 Å². The first-order valence-electron chi connectivity index (χ1n) is 7.57. The smallest absolute Gasteiger partial charge is 0.329 e. The highest BCUT2D eigenvalue weighted by molar-refractivity contribution is 7.89. The molecule has 130 valence electrons. The Labute approximate surface area is 140 Å². The highest BCUT2D eigenvalue weighted by Crippen LogP contribution is 2.30. The van der Waals surface area contributed by atoms with E-state index in [1.165, 1.54) is 30.3 Å². The molecule has 0 aliphatic heterocycles. The van der Waals surface area contributed by atoms with Gasteiger partial charge in [-0.1, -0.05) is 25.0 Å². The van der Waals surface area contributed by atoms with E-state index in [0.717, 1.165) is 12.8 Å². The van der Waals surface area contributed by atoms with Crippen molar-refractivity contribution in [2.75, 3.05) is 6.54 Å². The van der Waals surface area contributed by atoms with Crippen LogP contribution in [0.25, 0.3) is 0 Å². The van der Waals surface area contributed by atoms with E-state index in [1.54, 1.807) is 0 Å². The Hall–Kier alpha value is -2.19. The lowest BCUT2D eigenvalue weighted by Gasteiger charge is -2.25. The summed E-state index contributed by atoms with van der Waals surface area (Å²) in [5.74, 6) is -1.66. The first-order valence-corrected chi connectivity index (χ1v) is 9.06. The summed E-state index contributed by atoms with van der Waals surface area (Å²) in [6, 6.07) is 5.49. The maximum Gasteiger partial charge on any atom is 0.329 e. The molecule has 3 N–H and O–H groups in total. The number of carbonyl (C=O) groups excluding carboxylic acids is 1. The second-order valence-corrected chi connectivity index (χ2v) is 7.48. The Balaban J connectivity index is 2.23. The second kappa shape index (κ2) is 7.14. The minimum atomic E-state index is -3.75. The number of rotatable bonds is 7. The van der Waals surface area contributed by atoms with Crippen LogP contribution >= 0.6 is 0 Å². The highest BCUT2D eigenvalue weighted by Gasteiger charge is 2.42. The van der Waals surface area contributed by atoms with Crippen molar-refractivity contribution in [3.63, 3.8) is 0 Å². The van der Waals surface area contributed by atoms with Crippen LogP contribution in [0.5, 0.6) is 0 Å². The number of aliphatic carboxylic acids is 1. The van der Waals surface area contributed by atoms with Gasteiger partial charge in [0.05, 0.1) is 4.90 Å². The van der Waals surface area contributed by atoms with Crippen molar-refractivity contribution in [3.8, 4) is 0 Å². The fourth-order valence-corrected chi connectivity index (χ4v) is 3.76. The fraction of sp³-hybridized carbons (Fsp3) is 0.375. The van der Waals surface area contributed by atoms with E-state index in [1.807, 2.05) is 0 Å². The molecule has 1 aromatic rings. The molecule has 1 aliphatic rings. The van der Waals surface area contributed by atoms with E-state index >= 15 is 0 Å². The summed E-state index contributed by atoms with van der Waals surface area (Å²) in [6.45, 7) is 3.51. The van der Waals surface area contributed by atoms with Crippen LogP contribution in [-0.4, -0.2) is 37.5 Å². The van der Waals surface area contributed by atoms with Crippen LogP contribution in [0.1, 0.15) is 36.0 Å². The minimum Gasteiger partial charge on any atom is -0.480 e. The Morgan fingerprint density at radius 1 is 1.29 bits per heavy atom. The number of benzene rings is 1. The zero-order chi connectivity index (χ0) is 17.8. The maximum absolute atomic E-state index is 12.4. The van der Waals surface area contributed by atoms with Crippen molar-refractivity contribution in [2.24, 2.45) is 0 Å². The van der Waals surface area contributed by atoms with Gasteiger partial charge < -0.3 is 10.4 Å². The first kappa shape index (κ1) is 18.2. The van der Waals surface area contributed by atoms with Crippen LogP contribution in [-0.2, 0) is 14.8 Å². The van der Waals surface area contributed by atoms with Gasteiger partial charge in [0, 0.05) is 12.1 Å². The maximum atomic E-state index is 12.4. The summed E-state index contributed by atoms with van der Waals surface area (Å²) in [4.78, 5) is 23.8. The molecule has 0 atom stereocenters. The molecule has 1 aliphatic carbocycles. The van der Waals surface area contributed by atoms with E-state index in [-0.39, 0.29) is 17.0 Å². The van der Waals surface area contributed by atoms with Crippen LogP contribution in [0.4, 0.5) is 0 Å². The number of hydrogen-bond donors (Lipinski definition) is 3. The van der Waals surface area contributed by atoms with Crippen molar-refractivity contribution < 1.29 is 23.1 Å². The molecule has 7 nitrogen and oxygen atoms in total. The van der Waals surface area contributed by atoms with Gasteiger partial charge in [-0.3, -0.25) is 4.79 Å². The second-order valence-electron chi connectivity index (χ2n) is 5.72. The summed E-state index contributed by atoms with van der Waals surface area (Å²) in [7, 11) is -3.75. The van der Waals surface area contributed by atoms with Crippen molar-refractivity contribution >= 4 is 21.9 Å². The molecule has 0 aromatic heterocycles. The first-order chi connectivity index (χ1) is 11.3. The number of amides is 1. The third-order valence-electron chi connectivity index (χ3n) is 4.04. The third-order valence-corrected chi connectivity index (χ3v) is 5.46. The molecule has 1 amide bonds. The van der Waals surface area contributed by atoms with E-state index in [0.29, 0.717) is 12.8 Å². The molecule has 0 spiro atoms. The molecule has 0 bridgehead atoms. The number of sulfonamides is 1. The molecule has 1 aromatic carbocycles. The van der Waals surface area contributed by atoms with Crippen molar-refractivity contribution in [2.45, 2.75) is 36.1 Å². The van der Waals surface area contributed by atoms with E-state index < -0.39 is 27.4 Å². The molecule has 2 rings (SSSR count). The van der Waals surface area contributed by atoms with Crippen LogP contribution in [0.15, 0.2) is 41.8 Å². The Bertz CT molecular complexity index is 751. The Morgan fingerprint density at radius 2 is 1.96 bits per heavy atom. The molecule has 1 fully saturated rings. The predicted octanol–water partition coefficient (Wildman–Crippen LogP) is 1.28. The minimum absolute atomic E-state index is 0.0622. The van der Waals surface area contributed by atoms with Gasteiger partial charge in [-0.2, -0.15) is 0 Å². The predicted molar refractivity (Wildman–Crippen MR) is 88.1 cm³/mol. The van der Waals surface area contributed by atoms with Crippen LogP contribution in [0, 0.1) is 0 Å². The molecule has 1 saturated carbocycles. The number of nitrogens with one attached hydrogen (secondary N) is 2. The van der Waals surface area contributed by atoms with Gasteiger partial charge >= 0.3 is 5.97 Å². The Morgan fingerprint density at radius 3 is 2.54 bits per heavy atom. The zero-order valence-corrected chi connectivity index (χ0v) is 13.9. The number of carboxylic acid groups (broad SMARTS) is 1. The topological polar surface area (TPSA) is 113 Å². The molecule has 0 radical (unpaired) electrons. The monoisotopic (exact) mass is 352 g/mol. The highest BCUT2D eigenvalue weighted by atomic mass is 32.2. The summed E-state index contributed by atoms with van der Waals surface area (Å²) in [5, 5.41) is 12.0. The summed E-state index contributed by atoms with van der Waals surface area (Å²) in [6.07, 6.45) is 3.60. The number of carboxylic acids is 1. The summed E-state index contributed by atoms with van der Waals surface area (Å²) >= 11 is 0. The van der Waals surface area contributed by atoms with Gasteiger partial charge in [0.15, 0.2) is 0 Å². The van der Waals surface area contributed by atoms with E-state index in [2.05, 4.69) is 16.6 Å². The number of hydrogen-bond acceptors (Lipinski definition) is 4. The largest absolute Gasteiger partial charge is 0.480 e. The van der Waals surface area contributed by atoms with Crippen molar-refractivity contribution in [1.29, 1.82) is 0 Å². The molecule has 0 heterocycles. The SMILES string of the molecule is C=CCNS(=O)(=O)c1cccc(C(=O)NC2(C(=O)O)CCCC2)c1. The molecule has 0 unspecified atom stereocenters. The van der Waals surface area contributed by atoms with Gasteiger partial charge in [0.2, 0.25) is 10.0 Å². The van der Waals surface area contributed by atoms with Crippen LogP contribution in [0.3, 0.4) is 0 Å². The third kappa shape index (κ3) is 3.82. The lowest BCUT2D eigenvalue weighted by atomic mass is 9.97. The molecular weight excluding hydrogens is 332 g/mol. The standard InChI is InChI=1S/C16H20N2O5S/c1-2-10-17-24(22,23)13-7-5-6-12(11-13)14(19)18-16(15(20)21)8-3-4-9-16/h2,5-7,11,17H,1,3-4,8-10H2,(H,18,19)(H,20,21). The molecular formula is C16H20N2O5S. The van der Waals surface area contributed by atoms with Crippen LogP contribution in [0.2, 0.25) is 0 Å². The lowest BCUT2D eigenvalue weighted by molar-refractivity contribution is -0.144. The van der Waals surface area contributed by atoms with Gasteiger partial charge in [-0.15, -0.1) is 6.58 Å². The number of carbonyl (C=O) groups is 2. The van der Waals surface area contributed by atoms with E-state index in [9.17, 15) is 23.1 Å². The average molecular weight is 352 g/mol. The van der Waals surface area contributed by atoms with Gasteiger partial charge in [-0.25, -0.2) is 17.9 Å². The zero-order valence-electron chi connectivity index (χ0n) is 13.1. The van der Waals surface area contributed by atoms with Crippen LogP contribution < -0.4 is 10.0 Å². The van der Waals surface area contributed by atoms with Gasteiger partial charge in [-0.05, 0) is 31.0 Å². The average Bonchev–Trinajstić information content (AvgIpc) is 3.03.